The number of carbonyl (C=O) groups is 3. The molecule has 2 heterocycles. The number of amides is 3. The Bertz CT molecular complexity index is 1210. The average Bonchev–Trinajstić information content (AvgIpc) is 3.21. The van der Waals surface area contributed by atoms with Crippen molar-refractivity contribution in [3.8, 4) is 0 Å². The molecule has 0 saturated carbocycles. The quantitative estimate of drug-likeness (QED) is 0.490. The molecule has 3 amide bonds. The van der Waals surface area contributed by atoms with Gasteiger partial charge in [-0.1, -0.05) is 17.4 Å². The molecule has 1 fully saturated rings. The monoisotopic (exact) mass is 409 g/mol. The molecule has 0 N–H and O–H groups in total. The molecule has 1 aliphatic heterocycles. The van der Waals surface area contributed by atoms with Crippen LogP contribution in [0.25, 0.3) is 10.2 Å². The number of fused-ring (bicyclic) bond motifs is 1. The maximum absolute atomic E-state index is 13.5. The fraction of sp³-hybridized carbons (Fsp3) is 0.143. The van der Waals surface area contributed by atoms with E-state index in [0.29, 0.717) is 27.3 Å². The molecule has 0 spiro atoms. The lowest BCUT2D eigenvalue weighted by Crippen LogP contribution is -2.28. The van der Waals surface area contributed by atoms with Gasteiger partial charge in [0.2, 0.25) is 11.8 Å². The lowest BCUT2D eigenvalue weighted by Gasteiger charge is -2.13. The SMILES string of the molecule is C=CCn1c(=NC(=O)c2ccc(N3C(=O)CCC3=O)cc2)sc2cc(F)ccc21. The molecule has 0 unspecified atom stereocenters. The van der Waals surface area contributed by atoms with Gasteiger partial charge in [-0.25, -0.2) is 4.39 Å². The van der Waals surface area contributed by atoms with Gasteiger partial charge in [0.15, 0.2) is 4.80 Å². The number of anilines is 1. The Morgan fingerprint density at radius 3 is 2.48 bits per heavy atom. The standard InChI is InChI=1S/C21H16FN3O3S/c1-2-11-24-16-8-5-14(22)12-17(16)29-21(24)23-20(28)13-3-6-15(7-4-13)25-18(26)9-10-19(25)27/h2-8,12H,1,9-11H2. The average molecular weight is 409 g/mol. The Morgan fingerprint density at radius 1 is 1.14 bits per heavy atom. The molecule has 1 aromatic heterocycles. The van der Waals surface area contributed by atoms with E-state index in [-0.39, 0.29) is 30.5 Å². The number of hydrogen-bond donors (Lipinski definition) is 0. The van der Waals surface area contributed by atoms with Crippen molar-refractivity contribution in [1.82, 2.24) is 4.57 Å². The second kappa shape index (κ2) is 7.56. The summed E-state index contributed by atoms with van der Waals surface area (Å²) in [4.78, 5) is 42.1. The number of allylic oxidation sites excluding steroid dienone is 1. The van der Waals surface area contributed by atoms with Crippen LogP contribution in [-0.2, 0) is 16.1 Å². The second-order valence-corrected chi connectivity index (χ2v) is 7.49. The normalized spacial score (nSPS) is 14.8. The van der Waals surface area contributed by atoms with Gasteiger partial charge in [0, 0.05) is 24.9 Å². The zero-order valence-corrected chi connectivity index (χ0v) is 16.1. The third-order valence-electron chi connectivity index (χ3n) is 4.58. The highest BCUT2D eigenvalue weighted by molar-refractivity contribution is 7.16. The Balaban J connectivity index is 1.69. The third kappa shape index (κ3) is 3.54. The fourth-order valence-corrected chi connectivity index (χ4v) is 4.27. The van der Waals surface area contributed by atoms with Crippen LogP contribution in [0.4, 0.5) is 10.1 Å². The van der Waals surface area contributed by atoms with Crippen molar-refractivity contribution in [2.45, 2.75) is 19.4 Å². The van der Waals surface area contributed by atoms with E-state index in [1.54, 1.807) is 28.8 Å². The van der Waals surface area contributed by atoms with Crippen LogP contribution in [0.2, 0.25) is 0 Å². The summed E-state index contributed by atoms with van der Waals surface area (Å²) in [6, 6.07) is 10.6. The van der Waals surface area contributed by atoms with Crippen LogP contribution >= 0.6 is 11.3 Å². The van der Waals surface area contributed by atoms with E-state index < -0.39 is 5.91 Å². The number of benzene rings is 2. The van der Waals surface area contributed by atoms with Crippen LogP contribution in [0, 0.1) is 5.82 Å². The van der Waals surface area contributed by atoms with Gasteiger partial charge in [-0.15, -0.1) is 6.58 Å². The lowest BCUT2D eigenvalue weighted by atomic mass is 10.2. The lowest BCUT2D eigenvalue weighted by molar-refractivity contribution is -0.121. The molecule has 8 heteroatoms. The van der Waals surface area contributed by atoms with E-state index in [0.717, 1.165) is 10.4 Å². The highest BCUT2D eigenvalue weighted by Crippen LogP contribution is 2.23. The Morgan fingerprint density at radius 2 is 1.83 bits per heavy atom. The summed E-state index contributed by atoms with van der Waals surface area (Å²) in [6.45, 7) is 4.15. The van der Waals surface area contributed by atoms with Gasteiger partial charge >= 0.3 is 0 Å². The summed E-state index contributed by atoms with van der Waals surface area (Å²) in [5, 5.41) is 0. The maximum atomic E-state index is 13.5. The molecule has 6 nitrogen and oxygen atoms in total. The molecule has 3 aromatic rings. The number of halogens is 1. The molecule has 1 saturated heterocycles. The number of carbonyl (C=O) groups excluding carboxylic acids is 3. The minimum Gasteiger partial charge on any atom is -0.312 e. The number of thiazole rings is 1. The zero-order valence-electron chi connectivity index (χ0n) is 15.3. The van der Waals surface area contributed by atoms with Crippen LogP contribution in [0.3, 0.4) is 0 Å². The van der Waals surface area contributed by atoms with Gasteiger partial charge in [0.05, 0.1) is 15.9 Å². The highest BCUT2D eigenvalue weighted by atomic mass is 32.1. The molecule has 0 bridgehead atoms. The maximum Gasteiger partial charge on any atom is 0.279 e. The van der Waals surface area contributed by atoms with Crippen molar-refractivity contribution in [3.63, 3.8) is 0 Å². The molecule has 0 radical (unpaired) electrons. The molecule has 2 aromatic carbocycles. The minimum absolute atomic E-state index is 0.199. The van der Waals surface area contributed by atoms with Gasteiger partial charge in [-0.05, 0) is 42.5 Å². The van der Waals surface area contributed by atoms with Crippen molar-refractivity contribution >= 4 is 45.0 Å². The molecule has 4 rings (SSSR count). The highest BCUT2D eigenvalue weighted by Gasteiger charge is 2.30. The van der Waals surface area contributed by atoms with Crippen molar-refractivity contribution < 1.29 is 18.8 Å². The van der Waals surface area contributed by atoms with E-state index in [9.17, 15) is 18.8 Å². The fourth-order valence-electron chi connectivity index (χ4n) is 3.21. The summed E-state index contributed by atoms with van der Waals surface area (Å²) < 4.78 is 16.0. The van der Waals surface area contributed by atoms with Crippen molar-refractivity contribution in [2.24, 2.45) is 4.99 Å². The number of rotatable bonds is 4. The van der Waals surface area contributed by atoms with Crippen LogP contribution < -0.4 is 9.70 Å². The number of imide groups is 1. The van der Waals surface area contributed by atoms with E-state index in [4.69, 9.17) is 0 Å². The molecular formula is C21H16FN3O3S. The Hall–Kier alpha value is -3.39. The van der Waals surface area contributed by atoms with Crippen LogP contribution in [0.1, 0.15) is 23.2 Å². The summed E-state index contributed by atoms with van der Waals surface area (Å²) in [7, 11) is 0. The topological polar surface area (TPSA) is 71.7 Å². The second-order valence-electron chi connectivity index (χ2n) is 6.48. The Kier molecular flexibility index (Phi) is 4.94. The van der Waals surface area contributed by atoms with Gasteiger partial charge in [-0.3, -0.25) is 19.3 Å². The van der Waals surface area contributed by atoms with Gasteiger partial charge in [0.25, 0.3) is 5.91 Å². The first-order chi connectivity index (χ1) is 14.0. The van der Waals surface area contributed by atoms with Gasteiger partial charge < -0.3 is 4.57 Å². The summed E-state index contributed by atoms with van der Waals surface area (Å²) in [5.41, 5.74) is 1.53. The summed E-state index contributed by atoms with van der Waals surface area (Å²) in [5.74, 6) is -1.33. The van der Waals surface area contributed by atoms with Crippen LogP contribution in [-0.4, -0.2) is 22.3 Å². The first-order valence-electron chi connectivity index (χ1n) is 8.92. The number of nitrogens with zero attached hydrogens (tertiary/aromatic N) is 3. The molecule has 1 aliphatic rings. The molecule has 146 valence electrons. The molecular weight excluding hydrogens is 393 g/mol. The van der Waals surface area contributed by atoms with Gasteiger partial charge in [0.1, 0.15) is 5.82 Å². The summed E-state index contributed by atoms with van der Waals surface area (Å²) >= 11 is 1.22. The molecule has 0 atom stereocenters. The van der Waals surface area contributed by atoms with Crippen LogP contribution in [0.15, 0.2) is 60.1 Å². The third-order valence-corrected chi connectivity index (χ3v) is 5.62. The minimum atomic E-state index is -0.472. The van der Waals surface area contributed by atoms with Gasteiger partial charge in [-0.2, -0.15) is 4.99 Å². The zero-order chi connectivity index (χ0) is 20.5. The van der Waals surface area contributed by atoms with E-state index in [2.05, 4.69) is 11.6 Å². The van der Waals surface area contributed by atoms with E-state index in [1.165, 1.54) is 35.6 Å². The van der Waals surface area contributed by atoms with E-state index >= 15 is 0 Å². The molecule has 29 heavy (non-hydrogen) atoms. The predicted molar refractivity (Wildman–Crippen MR) is 108 cm³/mol. The van der Waals surface area contributed by atoms with Crippen molar-refractivity contribution in [1.29, 1.82) is 0 Å². The van der Waals surface area contributed by atoms with Crippen molar-refractivity contribution in [2.75, 3.05) is 4.90 Å². The first-order valence-corrected chi connectivity index (χ1v) is 9.74. The van der Waals surface area contributed by atoms with Crippen LogP contribution in [0.5, 0.6) is 0 Å². The molecule has 0 aliphatic carbocycles. The van der Waals surface area contributed by atoms with E-state index in [1.807, 2.05) is 0 Å². The Labute approximate surface area is 169 Å². The number of aromatic nitrogens is 1. The van der Waals surface area contributed by atoms with Crippen molar-refractivity contribution in [3.05, 3.63) is 71.3 Å². The number of hydrogen-bond acceptors (Lipinski definition) is 4. The largest absolute Gasteiger partial charge is 0.312 e. The smallest absolute Gasteiger partial charge is 0.279 e. The predicted octanol–water partition coefficient (Wildman–Crippen LogP) is 3.42. The first kappa shape index (κ1) is 18.9. The summed E-state index contributed by atoms with van der Waals surface area (Å²) in [6.07, 6.45) is 2.08.